The lowest BCUT2D eigenvalue weighted by Crippen LogP contribution is -1.98. The van der Waals surface area contributed by atoms with Gasteiger partial charge in [0.25, 0.3) is 0 Å². The molecule has 1 aromatic heterocycles. The standard InChI is InChI=1S/C14H18FN3O/c1-8(2)9-5-10(14(19-4)11(15)6-9)12-7-13(16)18(3)17-12/h5-8H,16H2,1-4H3. The molecule has 0 fully saturated rings. The van der Waals surface area contributed by atoms with Crippen LogP contribution in [0.3, 0.4) is 0 Å². The number of nitrogens with zero attached hydrogens (tertiary/aromatic N) is 2. The summed E-state index contributed by atoms with van der Waals surface area (Å²) in [6.07, 6.45) is 0. The van der Waals surface area contributed by atoms with E-state index in [4.69, 9.17) is 10.5 Å². The number of ether oxygens (including phenoxy) is 1. The summed E-state index contributed by atoms with van der Waals surface area (Å²) < 4.78 is 20.8. The molecule has 0 saturated carbocycles. The number of rotatable bonds is 3. The Hall–Kier alpha value is -2.04. The van der Waals surface area contributed by atoms with Gasteiger partial charge in [-0.25, -0.2) is 4.39 Å². The third-order valence-electron chi connectivity index (χ3n) is 3.13. The first kappa shape index (κ1) is 13.4. The number of benzene rings is 1. The molecule has 1 heterocycles. The first-order chi connectivity index (χ1) is 8.93. The Morgan fingerprint density at radius 2 is 2.00 bits per heavy atom. The summed E-state index contributed by atoms with van der Waals surface area (Å²) in [4.78, 5) is 0. The van der Waals surface area contributed by atoms with E-state index in [1.807, 2.05) is 19.9 Å². The molecular formula is C14H18FN3O. The van der Waals surface area contributed by atoms with Crippen LogP contribution in [0.2, 0.25) is 0 Å². The van der Waals surface area contributed by atoms with E-state index in [1.54, 1.807) is 17.8 Å². The van der Waals surface area contributed by atoms with Gasteiger partial charge >= 0.3 is 0 Å². The predicted molar refractivity (Wildman–Crippen MR) is 73.7 cm³/mol. The zero-order chi connectivity index (χ0) is 14.2. The van der Waals surface area contributed by atoms with Crippen LogP contribution in [0.25, 0.3) is 11.3 Å². The van der Waals surface area contributed by atoms with Crippen LogP contribution in [0.4, 0.5) is 10.2 Å². The Labute approximate surface area is 112 Å². The van der Waals surface area contributed by atoms with Crippen LogP contribution in [0, 0.1) is 5.82 Å². The van der Waals surface area contributed by atoms with Crippen LogP contribution in [0.1, 0.15) is 25.3 Å². The quantitative estimate of drug-likeness (QED) is 0.926. The molecule has 2 aromatic rings. The maximum absolute atomic E-state index is 14.1. The smallest absolute Gasteiger partial charge is 0.166 e. The Morgan fingerprint density at radius 3 is 2.47 bits per heavy atom. The summed E-state index contributed by atoms with van der Waals surface area (Å²) in [6, 6.07) is 5.11. The number of hydrogen-bond donors (Lipinski definition) is 1. The van der Waals surface area contributed by atoms with E-state index in [0.717, 1.165) is 5.56 Å². The molecule has 0 aliphatic carbocycles. The van der Waals surface area contributed by atoms with Gasteiger partial charge in [0.1, 0.15) is 5.82 Å². The van der Waals surface area contributed by atoms with Crippen molar-refractivity contribution in [3.05, 3.63) is 29.6 Å². The first-order valence-corrected chi connectivity index (χ1v) is 6.11. The SMILES string of the molecule is COc1c(F)cc(C(C)C)cc1-c1cc(N)n(C)n1. The van der Waals surface area contributed by atoms with E-state index >= 15 is 0 Å². The van der Waals surface area contributed by atoms with Gasteiger partial charge in [-0.15, -0.1) is 0 Å². The van der Waals surface area contributed by atoms with Gasteiger partial charge in [-0.3, -0.25) is 4.68 Å². The molecule has 0 saturated heterocycles. The van der Waals surface area contributed by atoms with Crippen LogP contribution < -0.4 is 10.5 Å². The summed E-state index contributed by atoms with van der Waals surface area (Å²) in [7, 11) is 3.19. The van der Waals surface area contributed by atoms with Crippen molar-refractivity contribution in [3.63, 3.8) is 0 Å². The van der Waals surface area contributed by atoms with Gasteiger partial charge in [-0.2, -0.15) is 5.10 Å². The lowest BCUT2D eigenvalue weighted by molar-refractivity contribution is 0.387. The van der Waals surface area contributed by atoms with Crippen molar-refractivity contribution in [2.75, 3.05) is 12.8 Å². The van der Waals surface area contributed by atoms with Crippen molar-refractivity contribution in [1.82, 2.24) is 9.78 Å². The van der Waals surface area contributed by atoms with E-state index < -0.39 is 0 Å². The highest BCUT2D eigenvalue weighted by atomic mass is 19.1. The third-order valence-corrected chi connectivity index (χ3v) is 3.13. The molecule has 2 N–H and O–H groups in total. The molecular weight excluding hydrogens is 245 g/mol. The van der Waals surface area contributed by atoms with Gasteiger partial charge in [-0.05, 0) is 23.6 Å². The van der Waals surface area contributed by atoms with Crippen molar-refractivity contribution in [2.24, 2.45) is 7.05 Å². The molecule has 19 heavy (non-hydrogen) atoms. The fourth-order valence-corrected chi connectivity index (χ4v) is 1.96. The molecule has 0 atom stereocenters. The molecule has 4 nitrogen and oxygen atoms in total. The van der Waals surface area contributed by atoms with Crippen LogP contribution in [-0.2, 0) is 7.05 Å². The van der Waals surface area contributed by atoms with E-state index in [2.05, 4.69) is 5.10 Å². The second-order valence-electron chi connectivity index (χ2n) is 4.82. The lowest BCUT2D eigenvalue weighted by atomic mass is 9.98. The van der Waals surface area contributed by atoms with Gasteiger partial charge in [-0.1, -0.05) is 13.8 Å². The van der Waals surface area contributed by atoms with E-state index in [-0.39, 0.29) is 17.5 Å². The normalized spacial score (nSPS) is 11.1. The fraction of sp³-hybridized carbons (Fsp3) is 0.357. The Bertz CT molecular complexity index is 585. The molecule has 0 aliphatic heterocycles. The minimum atomic E-state index is -0.382. The minimum absolute atomic E-state index is 0.197. The molecule has 0 bridgehead atoms. The summed E-state index contributed by atoms with van der Waals surface area (Å²) in [5.74, 6) is 0.558. The molecule has 0 unspecified atom stereocenters. The number of aryl methyl sites for hydroxylation is 1. The molecule has 0 radical (unpaired) electrons. The van der Waals surface area contributed by atoms with Crippen molar-refractivity contribution in [2.45, 2.75) is 19.8 Å². The zero-order valence-corrected chi connectivity index (χ0v) is 11.6. The molecule has 5 heteroatoms. The first-order valence-electron chi connectivity index (χ1n) is 6.11. The number of methoxy groups -OCH3 is 1. The van der Waals surface area contributed by atoms with Crippen LogP contribution >= 0.6 is 0 Å². The molecule has 102 valence electrons. The van der Waals surface area contributed by atoms with Crippen LogP contribution in [0.15, 0.2) is 18.2 Å². The largest absolute Gasteiger partial charge is 0.493 e. The summed E-state index contributed by atoms with van der Waals surface area (Å²) in [5, 5.41) is 4.28. The summed E-state index contributed by atoms with van der Waals surface area (Å²) >= 11 is 0. The number of aromatic nitrogens is 2. The lowest BCUT2D eigenvalue weighted by Gasteiger charge is -2.12. The zero-order valence-electron chi connectivity index (χ0n) is 11.6. The predicted octanol–water partition coefficient (Wildman–Crippen LogP) is 2.94. The maximum Gasteiger partial charge on any atom is 0.166 e. The number of anilines is 1. The topological polar surface area (TPSA) is 53.1 Å². The second-order valence-corrected chi connectivity index (χ2v) is 4.82. The number of nitrogens with two attached hydrogens (primary N) is 1. The van der Waals surface area contributed by atoms with Crippen LogP contribution in [0.5, 0.6) is 5.75 Å². The highest BCUT2D eigenvalue weighted by Gasteiger charge is 2.17. The van der Waals surface area contributed by atoms with E-state index in [0.29, 0.717) is 17.1 Å². The highest BCUT2D eigenvalue weighted by Crippen LogP contribution is 2.35. The monoisotopic (exact) mass is 263 g/mol. The van der Waals surface area contributed by atoms with Gasteiger partial charge in [0.2, 0.25) is 0 Å². The van der Waals surface area contributed by atoms with Gasteiger partial charge in [0.15, 0.2) is 11.6 Å². The van der Waals surface area contributed by atoms with Crippen molar-refractivity contribution < 1.29 is 9.13 Å². The Kier molecular flexibility index (Phi) is 3.46. The van der Waals surface area contributed by atoms with E-state index in [1.165, 1.54) is 13.2 Å². The van der Waals surface area contributed by atoms with E-state index in [9.17, 15) is 4.39 Å². The molecule has 0 aliphatic rings. The van der Waals surface area contributed by atoms with Crippen molar-refractivity contribution in [1.29, 1.82) is 0 Å². The Balaban J connectivity index is 2.65. The van der Waals surface area contributed by atoms with Crippen molar-refractivity contribution in [3.8, 4) is 17.0 Å². The summed E-state index contributed by atoms with van der Waals surface area (Å²) in [6.45, 7) is 4.02. The molecule has 2 rings (SSSR count). The van der Waals surface area contributed by atoms with Crippen molar-refractivity contribution >= 4 is 5.82 Å². The third kappa shape index (κ3) is 2.41. The number of nitrogen functional groups attached to an aromatic ring is 1. The Morgan fingerprint density at radius 1 is 1.32 bits per heavy atom. The maximum atomic E-state index is 14.1. The van der Waals surface area contributed by atoms with Gasteiger partial charge in [0.05, 0.1) is 12.8 Å². The average molecular weight is 263 g/mol. The minimum Gasteiger partial charge on any atom is -0.493 e. The van der Waals surface area contributed by atoms with Gasteiger partial charge < -0.3 is 10.5 Å². The number of hydrogen-bond acceptors (Lipinski definition) is 3. The number of halogens is 1. The van der Waals surface area contributed by atoms with Gasteiger partial charge in [0, 0.05) is 18.7 Å². The van der Waals surface area contributed by atoms with Crippen LogP contribution in [-0.4, -0.2) is 16.9 Å². The molecule has 1 aromatic carbocycles. The second kappa shape index (κ2) is 4.91. The molecule has 0 spiro atoms. The summed E-state index contributed by atoms with van der Waals surface area (Å²) in [5.41, 5.74) is 7.90. The average Bonchev–Trinajstić information content (AvgIpc) is 2.68. The highest BCUT2D eigenvalue weighted by molar-refractivity contribution is 5.70. The molecule has 0 amide bonds. The fourth-order valence-electron chi connectivity index (χ4n) is 1.96.